The maximum atomic E-state index is 11.8. The molecule has 1 heterocycles. The van der Waals surface area contributed by atoms with Crippen molar-refractivity contribution in [3.8, 4) is 11.8 Å². The summed E-state index contributed by atoms with van der Waals surface area (Å²) in [5.74, 6) is 6.22. The molecule has 0 amide bonds. The van der Waals surface area contributed by atoms with Gasteiger partial charge >= 0.3 is 5.97 Å². The number of nitrogens with zero attached hydrogens (tertiary/aromatic N) is 1. The average Bonchev–Trinajstić information content (AvgIpc) is 2.93. The Bertz CT molecular complexity index is 740. The molecule has 0 saturated carbocycles. The fraction of sp³-hybridized carbons (Fsp3) is 0.267. The molecule has 0 aliphatic rings. The monoisotopic (exact) mass is 302 g/mol. The SMILES string of the molecule is COC(=O)c1cc(C#CCCSC(C)=O)cc2[nH]ncc12. The van der Waals surface area contributed by atoms with Crippen LogP contribution in [0.2, 0.25) is 0 Å². The highest BCUT2D eigenvalue weighted by molar-refractivity contribution is 8.13. The third kappa shape index (κ3) is 3.86. The number of carbonyl (C=O) groups excluding carboxylic acids is 2. The molecule has 1 N–H and O–H groups in total. The van der Waals surface area contributed by atoms with Crippen LogP contribution in [0, 0.1) is 11.8 Å². The number of carbonyl (C=O) groups is 2. The van der Waals surface area contributed by atoms with E-state index in [1.54, 1.807) is 12.3 Å². The summed E-state index contributed by atoms with van der Waals surface area (Å²) in [6.07, 6.45) is 2.20. The number of rotatable bonds is 3. The van der Waals surface area contributed by atoms with E-state index < -0.39 is 5.97 Å². The molecule has 2 rings (SSSR count). The van der Waals surface area contributed by atoms with Crippen molar-refractivity contribution in [2.45, 2.75) is 13.3 Å². The van der Waals surface area contributed by atoms with Gasteiger partial charge < -0.3 is 4.74 Å². The summed E-state index contributed by atoms with van der Waals surface area (Å²) < 4.78 is 4.77. The number of H-pyrrole nitrogens is 1. The Hall–Kier alpha value is -2.26. The number of nitrogens with one attached hydrogen (secondary N) is 1. The van der Waals surface area contributed by atoms with Crippen molar-refractivity contribution in [3.63, 3.8) is 0 Å². The van der Waals surface area contributed by atoms with Crippen molar-refractivity contribution in [1.82, 2.24) is 10.2 Å². The summed E-state index contributed by atoms with van der Waals surface area (Å²) in [5.41, 5.74) is 1.88. The van der Waals surface area contributed by atoms with Crippen molar-refractivity contribution in [3.05, 3.63) is 29.5 Å². The zero-order chi connectivity index (χ0) is 15.2. The van der Waals surface area contributed by atoms with Gasteiger partial charge in [0.1, 0.15) is 0 Å². The van der Waals surface area contributed by atoms with Crippen molar-refractivity contribution in [2.75, 3.05) is 12.9 Å². The van der Waals surface area contributed by atoms with Gasteiger partial charge in [-0.2, -0.15) is 5.10 Å². The second-order valence-corrected chi connectivity index (χ2v) is 5.51. The fourth-order valence-electron chi connectivity index (χ4n) is 1.81. The number of ether oxygens (including phenoxy) is 1. The van der Waals surface area contributed by atoms with E-state index in [1.807, 2.05) is 6.07 Å². The highest BCUT2D eigenvalue weighted by Gasteiger charge is 2.12. The number of aromatic amines is 1. The summed E-state index contributed by atoms with van der Waals surface area (Å²) in [6.45, 7) is 1.53. The van der Waals surface area contributed by atoms with Crippen molar-refractivity contribution in [2.24, 2.45) is 0 Å². The smallest absolute Gasteiger partial charge is 0.338 e. The Morgan fingerprint density at radius 3 is 2.95 bits per heavy atom. The lowest BCUT2D eigenvalue weighted by molar-refractivity contribution is -0.109. The van der Waals surface area contributed by atoms with E-state index >= 15 is 0 Å². The molecule has 5 nitrogen and oxygen atoms in total. The Balaban J connectivity index is 2.22. The van der Waals surface area contributed by atoms with Gasteiger partial charge in [0, 0.05) is 30.0 Å². The number of esters is 1. The Labute approximate surface area is 126 Å². The predicted molar refractivity (Wildman–Crippen MR) is 82.1 cm³/mol. The molecule has 0 spiro atoms. The molecular formula is C15H14N2O3S. The van der Waals surface area contributed by atoms with E-state index in [2.05, 4.69) is 22.0 Å². The highest BCUT2D eigenvalue weighted by Crippen LogP contribution is 2.19. The Morgan fingerprint density at radius 1 is 1.43 bits per heavy atom. The molecule has 0 radical (unpaired) electrons. The zero-order valence-corrected chi connectivity index (χ0v) is 12.5. The van der Waals surface area contributed by atoms with Crippen LogP contribution in [0.1, 0.15) is 29.3 Å². The largest absolute Gasteiger partial charge is 0.465 e. The van der Waals surface area contributed by atoms with Crippen LogP contribution in [-0.2, 0) is 9.53 Å². The van der Waals surface area contributed by atoms with E-state index in [4.69, 9.17) is 4.74 Å². The van der Waals surface area contributed by atoms with E-state index in [1.165, 1.54) is 25.8 Å². The van der Waals surface area contributed by atoms with Gasteiger partial charge in [-0.05, 0) is 12.1 Å². The first-order valence-electron chi connectivity index (χ1n) is 6.29. The topological polar surface area (TPSA) is 72.1 Å². The first-order chi connectivity index (χ1) is 10.1. The maximum absolute atomic E-state index is 11.8. The number of thioether (sulfide) groups is 1. The highest BCUT2D eigenvalue weighted by atomic mass is 32.2. The van der Waals surface area contributed by atoms with Crippen molar-refractivity contribution >= 4 is 33.7 Å². The van der Waals surface area contributed by atoms with Gasteiger partial charge in [0.15, 0.2) is 5.12 Å². The van der Waals surface area contributed by atoms with Crippen LogP contribution in [-0.4, -0.2) is 34.1 Å². The van der Waals surface area contributed by atoms with Crippen molar-refractivity contribution in [1.29, 1.82) is 0 Å². The molecule has 1 aromatic heterocycles. The molecule has 0 aliphatic carbocycles. The van der Waals surface area contributed by atoms with E-state index in [0.29, 0.717) is 28.7 Å². The molecule has 0 aliphatic heterocycles. The van der Waals surface area contributed by atoms with Crippen LogP contribution in [0.3, 0.4) is 0 Å². The summed E-state index contributed by atoms with van der Waals surface area (Å²) in [6, 6.07) is 3.52. The second-order valence-electron chi connectivity index (χ2n) is 4.24. The summed E-state index contributed by atoms with van der Waals surface area (Å²) >= 11 is 1.25. The van der Waals surface area contributed by atoms with Crippen LogP contribution in [0.5, 0.6) is 0 Å². The van der Waals surface area contributed by atoms with Gasteiger partial charge in [-0.3, -0.25) is 9.89 Å². The Kier molecular flexibility index (Phi) is 5.01. The van der Waals surface area contributed by atoms with Gasteiger partial charge in [0.05, 0.1) is 24.4 Å². The standard InChI is InChI=1S/C15H14N2O3S/c1-10(18)21-6-4-3-5-11-7-12(15(19)20-2)13-9-16-17-14(13)8-11/h7-9H,4,6H2,1-2H3,(H,16,17). The molecule has 0 bridgehead atoms. The lowest BCUT2D eigenvalue weighted by atomic mass is 10.1. The lowest BCUT2D eigenvalue weighted by Crippen LogP contribution is -2.02. The molecule has 0 fully saturated rings. The predicted octanol–water partition coefficient (Wildman–Crippen LogP) is 2.37. The van der Waals surface area contributed by atoms with Crippen LogP contribution in [0.25, 0.3) is 10.9 Å². The second kappa shape index (κ2) is 6.95. The average molecular weight is 302 g/mol. The zero-order valence-electron chi connectivity index (χ0n) is 11.7. The summed E-state index contributed by atoms with van der Waals surface area (Å²) in [4.78, 5) is 22.6. The molecule has 2 aromatic rings. The Morgan fingerprint density at radius 2 is 2.24 bits per heavy atom. The van der Waals surface area contributed by atoms with Gasteiger partial charge in [0.2, 0.25) is 0 Å². The fourth-order valence-corrected chi connectivity index (χ4v) is 2.30. The van der Waals surface area contributed by atoms with E-state index in [0.717, 1.165) is 5.52 Å². The number of benzene rings is 1. The number of hydrogen-bond acceptors (Lipinski definition) is 5. The van der Waals surface area contributed by atoms with Crippen LogP contribution >= 0.6 is 11.8 Å². The number of aromatic nitrogens is 2. The van der Waals surface area contributed by atoms with Gasteiger partial charge in [-0.25, -0.2) is 4.79 Å². The number of methoxy groups -OCH3 is 1. The minimum atomic E-state index is -0.419. The summed E-state index contributed by atoms with van der Waals surface area (Å²) in [7, 11) is 1.34. The third-order valence-electron chi connectivity index (χ3n) is 2.73. The first-order valence-corrected chi connectivity index (χ1v) is 7.28. The molecule has 0 atom stereocenters. The first kappa shape index (κ1) is 15.1. The third-order valence-corrected chi connectivity index (χ3v) is 3.54. The molecule has 108 valence electrons. The maximum Gasteiger partial charge on any atom is 0.338 e. The minimum Gasteiger partial charge on any atom is -0.465 e. The normalized spacial score (nSPS) is 10.0. The molecular weight excluding hydrogens is 288 g/mol. The number of hydrogen-bond donors (Lipinski definition) is 1. The molecule has 0 unspecified atom stereocenters. The number of fused-ring (bicyclic) bond motifs is 1. The van der Waals surface area contributed by atoms with E-state index in [-0.39, 0.29) is 5.12 Å². The summed E-state index contributed by atoms with van der Waals surface area (Å²) in [5, 5.41) is 7.54. The quantitative estimate of drug-likeness (QED) is 0.535. The molecule has 0 saturated heterocycles. The lowest BCUT2D eigenvalue weighted by Gasteiger charge is -2.01. The molecule has 6 heteroatoms. The van der Waals surface area contributed by atoms with Gasteiger partial charge in [0.25, 0.3) is 0 Å². The molecule has 21 heavy (non-hydrogen) atoms. The van der Waals surface area contributed by atoms with Gasteiger partial charge in [-0.1, -0.05) is 23.6 Å². The van der Waals surface area contributed by atoms with Crippen LogP contribution in [0.4, 0.5) is 0 Å². The molecule has 1 aromatic carbocycles. The van der Waals surface area contributed by atoms with Crippen molar-refractivity contribution < 1.29 is 14.3 Å². The van der Waals surface area contributed by atoms with Gasteiger partial charge in [-0.15, -0.1) is 0 Å². The van der Waals surface area contributed by atoms with E-state index in [9.17, 15) is 9.59 Å². The van der Waals surface area contributed by atoms with Crippen LogP contribution < -0.4 is 0 Å². The van der Waals surface area contributed by atoms with Crippen LogP contribution in [0.15, 0.2) is 18.3 Å². The minimum absolute atomic E-state index is 0.0867.